The van der Waals surface area contributed by atoms with Crippen molar-refractivity contribution >= 4 is 34.1 Å². The minimum absolute atomic E-state index is 0.0511. The molecule has 0 aliphatic carbocycles. The van der Waals surface area contributed by atoms with Crippen molar-refractivity contribution in [2.45, 2.75) is 12.8 Å². The second-order valence-electron chi connectivity index (χ2n) is 8.11. The Balaban J connectivity index is 1.66. The third-order valence-electron chi connectivity index (χ3n) is 5.57. The number of non-ortho nitro benzene ring substituents is 1. The van der Waals surface area contributed by atoms with E-state index in [0.29, 0.717) is 22.3 Å². The topological polar surface area (TPSA) is 105 Å². The molecule has 0 fully saturated rings. The fourth-order valence-corrected chi connectivity index (χ4v) is 3.69. The molecule has 1 amide bonds. The van der Waals surface area contributed by atoms with Crippen LogP contribution in [0, 0.1) is 21.4 Å². The molecule has 0 heterocycles. The summed E-state index contributed by atoms with van der Waals surface area (Å²) in [5.41, 5.74) is -0.387. The lowest BCUT2D eigenvalue weighted by Gasteiger charge is -2.13. The number of alkyl halides is 3. The van der Waals surface area contributed by atoms with Crippen LogP contribution in [0.5, 0.6) is 5.75 Å². The molecule has 4 aromatic carbocycles. The van der Waals surface area contributed by atoms with Crippen molar-refractivity contribution in [2.24, 2.45) is 0 Å². The highest BCUT2D eigenvalue weighted by Gasteiger charge is 2.30. The molecular weight excluding hydrogens is 499 g/mol. The number of nitrogens with one attached hydrogen (secondary N) is 1. The lowest BCUT2D eigenvalue weighted by molar-refractivity contribution is -0.384. The van der Waals surface area contributed by atoms with Crippen LogP contribution in [0.3, 0.4) is 0 Å². The number of hydrogen-bond acceptors (Lipinski definition) is 5. The molecule has 4 rings (SSSR count). The molecule has 190 valence electrons. The second kappa shape index (κ2) is 10.8. The van der Waals surface area contributed by atoms with Gasteiger partial charge in [0.1, 0.15) is 24.0 Å². The number of nitro benzene ring substituents is 1. The number of nitriles is 1. The number of fused-ring (bicyclic) bond motifs is 1. The Kier molecular flexibility index (Phi) is 7.39. The zero-order chi connectivity index (χ0) is 27.3. The number of hydrogen-bond donors (Lipinski definition) is 1. The molecule has 0 aliphatic rings. The number of carbonyl (C=O) groups excluding carboxylic acids is 1. The number of amides is 1. The molecule has 0 aromatic heterocycles. The maximum absolute atomic E-state index is 13.0. The minimum atomic E-state index is -4.59. The first kappa shape index (κ1) is 25.9. The Bertz CT molecular complexity index is 1590. The van der Waals surface area contributed by atoms with Crippen molar-refractivity contribution in [2.75, 3.05) is 5.32 Å². The fourth-order valence-electron chi connectivity index (χ4n) is 3.69. The number of anilines is 1. The van der Waals surface area contributed by atoms with Crippen molar-refractivity contribution in [3.05, 3.63) is 117 Å². The number of halogens is 3. The second-order valence-corrected chi connectivity index (χ2v) is 8.11. The number of nitro groups is 1. The monoisotopic (exact) mass is 517 g/mol. The average Bonchev–Trinajstić information content (AvgIpc) is 2.90. The number of rotatable bonds is 7. The van der Waals surface area contributed by atoms with E-state index in [9.17, 15) is 33.3 Å². The van der Waals surface area contributed by atoms with Crippen molar-refractivity contribution in [3.8, 4) is 11.8 Å². The van der Waals surface area contributed by atoms with Gasteiger partial charge in [0.15, 0.2) is 0 Å². The Labute approximate surface area is 214 Å². The van der Waals surface area contributed by atoms with E-state index in [2.05, 4.69) is 5.32 Å². The van der Waals surface area contributed by atoms with Crippen LogP contribution in [0.15, 0.2) is 90.5 Å². The Morgan fingerprint density at radius 3 is 2.45 bits per heavy atom. The molecule has 0 saturated heterocycles. The molecule has 38 heavy (non-hydrogen) atoms. The summed E-state index contributed by atoms with van der Waals surface area (Å²) >= 11 is 0. The van der Waals surface area contributed by atoms with Crippen molar-refractivity contribution in [3.63, 3.8) is 0 Å². The van der Waals surface area contributed by atoms with Crippen LogP contribution in [0.25, 0.3) is 16.8 Å². The normalized spacial score (nSPS) is 11.6. The Morgan fingerprint density at radius 1 is 1.03 bits per heavy atom. The first-order valence-corrected chi connectivity index (χ1v) is 11.1. The standard InChI is InChI=1S/C28H18F3N3O4/c29-28(30,31)21-5-3-6-22(15-21)33-27(35)20(16-32)14-25-24-7-2-1-4-19(24)10-13-26(25)38-17-18-8-11-23(12-9-18)34(36)37/h1-15H,17H2,(H,33,35)/b20-14+. The first-order valence-electron chi connectivity index (χ1n) is 11.1. The van der Waals surface area contributed by atoms with Crippen molar-refractivity contribution < 1.29 is 27.6 Å². The lowest BCUT2D eigenvalue weighted by Crippen LogP contribution is -2.14. The molecule has 0 aliphatic heterocycles. The summed E-state index contributed by atoms with van der Waals surface area (Å²) in [5, 5.41) is 24.4. The lowest BCUT2D eigenvalue weighted by atomic mass is 10.0. The summed E-state index contributed by atoms with van der Waals surface area (Å²) in [6.07, 6.45) is -3.27. The first-order chi connectivity index (χ1) is 18.2. The van der Waals surface area contributed by atoms with Crippen LogP contribution in [-0.4, -0.2) is 10.8 Å². The number of benzene rings is 4. The molecule has 0 radical (unpaired) electrons. The summed E-state index contributed by atoms with van der Waals surface area (Å²) in [5.74, 6) is -0.553. The van der Waals surface area contributed by atoms with Crippen LogP contribution < -0.4 is 10.1 Å². The quantitative estimate of drug-likeness (QED) is 0.124. The van der Waals surface area contributed by atoms with Crippen LogP contribution >= 0.6 is 0 Å². The van der Waals surface area contributed by atoms with E-state index in [0.717, 1.165) is 23.6 Å². The van der Waals surface area contributed by atoms with E-state index in [1.807, 2.05) is 12.1 Å². The molecule has 0 atom stereocenters. The van der Waals surface area contributed by atoms with E-state index < -0.39 is 22.6 Å². The predicted octanol–water partition coefficient (Wildman–Crippen LogP) is 6.89. The molecule has 10 heteroatoms. The molecular formula is C28H18F3N3O4. The van der Waals surface area contributed by atoms with Gasteiger partial charge in [-0.25, -0.2) is 0 Å². The van der Waals surface area contributed by atoms with Gasteiger partial charge in [-0.15, -0.1) is 0 Å². The summed E-state index contributed by atoms with van der Waals surface area (Å²) in [4.78, 5) is 23.2. The van der Waals surface area contributed by atoms with E-state index in [4.69, 9.17) is 4.74 Å². The zero-order valence-corrected chi connectivity index (χ0v) is 19.5. The van der Waals surface area contributed by atoms with Crippen LogP contribution in [0.2, 0.25) is 0 Å². The van der Waals surface area contributed by atoms with Crippen molar-refractivity contribution in [1.82, 2.24) is 0 Å². The molecule has 1 N–H and O–H groups in total. The molecule has 7 nitrogen and oxygen atoms in total. The van der Waals surface area contributed by atoms with Gasteiger partial charge in [0.2, 0.25) is 0 Å². The highest BCUT2D eigenvalue weighted by molar-refractivity contribution is 6.11. The molecule has 0 saturated carbocycles. The van der Waals surface area contributed by atoms with Crippen molar-refractivity contribution in [1.29, 1.82) is 5.26 Å². The minimum Gasteiger partial charge on any atom is -0.488 e. The zero-order valence-electron chi connectivity index (χ0n) is 19.5. The Morgan fingerprint density at radius 2 is 1.76 bits per heavy atom. The summed E-state index contributed by atoms with van der Waals surface area (Å²) in [7, 11) is 0. The summed E-state index contributed by atoms with van der Waals surface area (Å²) in [6.45, 7) is 0.0511. The highest BCUT2D eigenvalue weighted by Crippen LogP contribution is 2.32. The van der Waals surface area contributed by atoms with Gasteiger partial charge in [-0.2, -0.15) is 18.4 Å². The smallest absolute Gasteiger partial charge is 0.416 e. The average molecular weight is 517 g/mol. The third kappa shape index (κ3) is 5.96. The molecule has 4 aromatic rings. The van der Waals surface area contributed by atoms with Crippen LogP contribution in [0.1, 0.15) is 16.7 Å². The van der Waals surface area contributed by atoms with E-state index >= 15 is 0 Å². The van der Waals surface area contributed by atoms with Crippen LogP contribution in [0.4, 0.5) is 24.5 Å². The van der Waals surface area contributed by atoms with Gasteiger partial charge in [0.05, 0.1) is 10.5 Å². The van der Waals surface area contributed by atoms with Gasteiger partial charge in [0.25, 0.3) is 11.6 Å². The molecule has 0 unspecified atom stereocenters. The van der Waals surface area contributed by atoms with Gasteiger partial charge in [-0.05, 0) is 58.8 Å². The van der Waals surface area contributed by atoms with E-state index in [-0.39, 0.29) is 23.6 Å². The van der Waals surface area contributed by atoms with Gasteiger partial charge in [-0.1, -0.05) is 36.4 Å². The summed E-state index contributed by atoms with van der Waals surface area (Å²) in [6, 6.07) is 22.4. The third-order valence-corrected chi connectivity index (χ3v) is 5.57. The van der Waals surface area contributed by atoms with Gasteiger partial charge in [-0.3, -0.25) is 14.9 Å². The van der Waals surface area contributed by atoms with E-state index in [1.165, 1.54) is 24.3 Å². The maximum Gasteiger partial charge on any atom is 0.416 e. The summed E-state index contributed by atoms with van der Waals surface area (Å²) < 4.78 is 45.1. The largest absolute Gasteiger partial charge is 0.488 e. The van der Waals surface area contributed by atoms with Gasteiger partial charge < -0.3 is 10.1 Å². The predicted molar refractivity (Wildman–Crippen MR) is 135 cm³/mol. The SMILES string of the molecule is N#C/C(=C\c1c(OCc2ccc([N+](=O)[O-])cc2)ccc2ccccc12)C(=O)Nc1cccc(C(F)(F)F)c1. The van der Waals surface area contributed by atoms with Gasteiger partial charge in [0, 0.05) is 23.4 Å². The van der Waals surface area contributed by atoms with Crippen LogP contribution in [-0.2, 0) is 17.6 Å². The number of carbonyl (C=O) groups is 1. The molecule has 0 spiro atoms. The number of ether oxygens (including phenoxy) is 1. The number of nitrogens with zero attached hydrogens (tertiary/aromatic N) is 2. The fraction of sp³-hybridized carbons (Fsp3) is 0.0714. The van der Waals surface area contributed by atoms with E-state index in [1.54, 1.807) is 42.5 Å². The Hall–Kier alpha value is -5.17. The highest BCUT2D eigenvalue weighted by atomic mass is 19.4. The van der Waals surface area contributed by atoms with Gasteiger partial charge >= 0.3 is 6.18 Å². The molecule has 0 bridgehead atoms. The maximum atomic E-state index is 13.0.